The molecule has 0 N–H and O–H groups in total. The van der Waals surface area contributed by atoms with Crippen molar-refractivity contribution in [2.24, 2.45) is 0 Å². The van der Waals surface area contributed by atoms with Crippen molar-refractivity contribution < 1.29 is 4.79 Å². The van der Waals surface area contributed by atoms with Gasteiger partial charge in [0.05, 0.1) is 0 Å². The zero-order valence-electron chi connectivity index (χ0n) is 7.41. The molecule has 0 atom stereocenters. The lowest BCUT2D eigenvalue weighted by atomic mass is 9.91. The van der Waals surface area contributed by atoms with Crippen LogP contribution in [0.25, 0.3) is 0 Å². The average molecular weight is 168 g/mol. The fourth-order valence-corrected chi connectivity index (χ4v) is 1.96. The molecule has 68 valence electrons. The van der Waals surface area contributed by atoms with E-state index < -0.39 is 0 Å². The number of carbonyl (C=O) groups is 1. The molecule has 0 aromatic heterocycles. The van der Waals surface area contributed by atoms with Gasteiger partial charge in [0.1, 0.15) is 0 Å². The predicted molar refractivity (Wildman–Crippen MR) is 46.8 cm³/mol. The minimum atomic E-state index is 0.846. The van der Waals surface area contributed by atoms with Crippen LogP contribution in [0.3, 0.4) is 0 Å². The number of rotatable bonds is 2. The van der Waals surface area contributed by atoms with Gasteiger partial charge in [0, 0.05) is 32.2 Å². The van der Waals surface area contributed by atoms with Crippen LogP contribution < -0.4 is 0 Å². The molecule has 0 aromatic carbocycles. The first-order valence-electron chi connectivity index (χ1n) is 4.83. The summed E-state index contributed by atoms with van der Waals surface area (Å²) >= 11 is 0. The van der Waals surface area contributed by atoms with Crippen molar-refractivity contribution in [1.29, 1.82) is 0 Å². The third-order valence-electron chi connectivity index (χ3n) is 3.09. The summed E-state index contributed by atoms with van der Waals surface area (Å²) in [4.78, 5) is 14.8. The Morgan fingerprint density at radius 2 is 1.75 bits per heavy atom. The topological polar surface area (TPSA) is 23.6 Å². The van der Waals surface area contributed by atoms with Gasteiger partial charge >= 0.3 is 0 Å². The number of amides is 1. The van der Waals surface area contributed by atoms with E-state index in [9.17, 15) is 4.79 Å². The largest absolute Gasteiger partial charge is 0.343 e. The molecule has 1 amide bonds. The maximum atomic E-state index is 10.4. The molecule has 3 nitrogen and oxygen atoms in total. The molecule has 0 aromatic rings. The molecule has 1 saturated carbocycles. The molecular formula is C9H16N2O. The fraction of sp³-hybridized carbons (Fsp3) is 0.889. The van der Waals surface area contributed by atoms with Gasteiger partial charge in [0.2, 0.25) is 6.41 Å². The quantitative estimate of drug-likeness (QED) is 0.554. The van der Waals surface area contributed by atoms with Gasteiger partial charge < -0.3 is 4.90 Å². The highest BCUT2D eigenvalue weighted by molar-refractivity contribution is 5.47. The lowest BCUT2D eigenvalue weighted by Gasteiger charge is -2.42. The second-order valence-electron chi connectivity index (χ2n) is 3.76. The Bertz CT molecular complexity index is 160. The summed E-state index contributed by atoms with van der Waals surface area (Å²) in [5.41, 5.74) is 0. The summed E-state index contributed by atoms with van der Waals surface area (Å²) in [6.45, 7) is 4.03. The molecule has 12 heavy (non-hydrogen) atoms. The van der Waals surface area contributed by atoms with E-state index in [4.69, 9.17) is 0 Å². The van der Waals surface area contributed by atoms with Crippen molar-refractivity contribution in [2.75, 3.05) is 26.2 Å². The summed E-state index contributed by atoms with van der Waals surface area (Å²) < 4.78 is 0. The van der Waals surface area contributed by atoms with Crippen LogP contribution in [-0.2, 0) is 4.79 Å². The van der Waals surface area contributed by atoms with Gasteiger partial charge in [-0.15, -0.1) is 0 Å². The molecule has 2 fully saturated rings. The normalized spacial score (nSPS) is 26.8. The van der Waals surface area contributed by atoms with Gasteiger partial charge in [-0.1, -0.05) is 6.42 Å². The minimum absolute atomic E-state index is 0.846. The molecule has 0 unspecified atom stereocenters. The van der Waals surface area contributed by atoms with Gasteiger partial charge in [-0.25, -0.2) is 0 Å². The highest BCUT2D eigenvalue weighted by Crippen LogP contribution is 2.25. The first kappa shape index (κ1) is 8.05. The zero-order valence-corrected chi connectivity index (χ0v) is 7.41. The zero-order chi connectivity index (χ0) is 8.39. The predicted octanol–water partition coefficient (Wildman–Crippen LogP) is 0.313. The molecule has 0 spiro atoms. The Morgan fingerprint density at radius 1 is 1.08 bits per heavy atom. The number of nitrogens with zero attached hydrogens (tertiary/aromatic N) is 2. The first-order chi connectivity index (χ1) is 5.90. The fourth-order valence-electron chi connectivity index (χ4n) is 1.96. The van der Waals surface area contributed by atoms with Crippen molar-refractivity contribution in [3.63, 3.8) is 0 Å². The van der Waals surface area contributed by atoms with Crippen molar-refractivity contribution in [3.05, 3.63) is 0 Å². The van der Waals surface area contributed by atoms with E-state index in [2.05, 4.69) is 4.90 Å². The molecule has 1 aliphatic heterocycles. The standard InChI is InChI=1S/C9H16N2O/c12-8-10-4-6-11(7-5-10)9-2-1-3-9/h8-9H,1-7H2. The summed E-state index contributed by atoms with van der Waals surface area (Å²) in [6.07, 6.45) is 5.12. The lowest BCUT2D eigenvalue weighted by Crippen LogP contribution is -2.51. The van der Waals surface area contributed by atoms with E-state index in [1.807, 2.05) is 4.90 Å². The summed E-state index contributed by atoms with van der Waals surface area (Å²) in [6, 6.07) is 0.846. The summed E-state index contributed by atoms with van der Waals surface area (Å²) in [5, 5.41) is 0. The lowest BCUT2D eigenvalue weighted by molar-refractivity contribution is -0.120. The van der Waals surface area contributed by atoms with E-state index in [1.165, 1.54) is 19.3 Å². The van der Waals surface area contributed by atoms with E-state index in [0.717, 1.165) is 38.6 Å². The molecular weight excluding hydrogens is 152 g/mol. The SMILES string of the molecule is O=CN1CCN(C2CCC2)CC1. The maximum absolute atomic E-state index is 10.4. The Balaban J connectivity index is 1.77. The Hall–Kier alpha value is -0.570. The van der Waals surface area contributed by atoms with Crippen LogP contribution in [0, 0.1) is 0 Å². The molecule has 1 aliphatic carbocycles. The maximum Gasteiger partial charge on any atom is 0.209 e. The van der Waals surface area contributed by atoms with Crippen LogP contribution >= 0.6 is 0 Å². The van der Waals surface area contributed by atoms with Crippen LogP contribution in [0.4, 0.5) is 0 Å². The van der Waals surface area contributed by atoms with Gasteiger partial charge in [-0.2, -0.15) is 0 Å². The molecule has 3 heteroatoms. The molecule has 2 aliphatic rings. The third kappa shape index (κ3) is 1.46. The van der Waals surface area contributed by atoms with E-state index in [0.29, 0.717) is 0 Å². The highest BCUT2D eigenvalue weighted by atomic mass is 16.1. The van der Waals surface area contributed by atoms with E-state index in [1.54, 1.807) is 0 Å². The molecule has 0 bridgehead atoms. The Labute approximate surface area is 73.3 Å². The van der Waals surface area contributed by atoms with Gasteiger partial charge in [0.15, 0.2) is 0 Å². The minimum Gasteiger partial charge on any atom is -0.343 e. The summed E-state index contributed by atoms with van der Waals surface area (Å²) in [5.74, 6) is 0. The van der Waals surface area contributed by atoms with E-state index >= 15 is 0 Å². The van der Waals surface area contributed by atoms with Crippen molar-refractivity contribution in [3.8, 4) is 0 Å². The second kappa shape index (κ2) is 3.44. The smallest absolute Gasteiger partial charge is 0.209 e. The molecule has 1 saturated heterocycles. The number of hydrogen-bond donors (Lipinski definition) is 0. The first-order valence-corrected chi connectivity index (χ1v) is 4.83. The van der Waals surface area contributed by atoms with Crippen molar-refractivity contribution in [2.45, 2.75) is 25.3 Å². The van der Waals surface area contributed by atoms with Crippen LogP contribution in [0.15, 0.2) is 0 Å². The van der Waals surface area contributed by atoms with Gasteiger partial charge in [0.25, 0.3) is 0 Å². The monoisotopic (exact) mass is 168 g/mol. The van der Waals surface area contributed by atoms with E-state index in [-0.39, 0.29) is 0 Å². The third-order valence-corrected chi connectivity index (χ3v) is 3.09. The number of hydrogen-bond acceptors (Lipinski definition) is 2. The molecule has 0 radical (unpaired) electrons. The van der Waals surface area contributed by atoms with Crippen LogP contribution in [0.2, 0.25) is 0 Å². The van der Waals surface area contributed by atoms with Crippen LogP contribution in [0.5, 0.6) is 0 Å². The number of piperazine rings is 1. The Morgan fingerprint density at radius 3 is 2.17 bits per heavy atom. The average Bonchev–Trinajstić information content (AvgIpc) is 2.03. The second-order valence-corrected chi connectivity index (χ2v) is 3.76. The summed E-state index contributed by atoms with van der Waals surface area (Å²) in [7, 11) is 0. The molecule has 2 rings (SSSR count). The van der Waals surface area contributed by atoms with Gasteiger partial charge in [-0.3, -0.25) is 9.69 Å². The Kier molecular flexibility index (Phi) is 2.30. The number of carbonyl (C=O) groups excluding carboxylic acids is 1. The van der Waals surface area contributed by atoms with Gasteiger partial charge in [-0.05, 0) is 12.8 Å². The highest BCUT2D eigenvalue weighted by Gasteiger charge is 2.27. The van der Waals surface area contributed by atoms with Crippen LogP contribution in [-0.4, -0.2) is 48.4 Å². The van der Waals surface area contributed by atoms with Crippen LogP contribution in [0.1, 0.15) is 19.3 Å². The van der Waals surface area contributed by atoms with Crippen molar-refractivity contribution >= 4 is 6.41 Å². The van der Waals surface area contributed by atoms with Crippen molar-refractivity contribution in [1.82, 2.24) is 9.80 Å². The molecule has 1 heterocycles.